The van der Waals surface area contributed by atoms with Crippen LogP contribution in [0.4, 0.5) is 5.69 Å². The van der Waals surface area contributed by atoms with Crippen molar-refractivity contribution < 1.29 is 14.3 Å². The topological polar surface area (TPSA) is 79.2 Å². The van der Waals surface area contributed by atoms with Gasteiger partial charge in [0.25, 0.3) is 0 Å². The van der Waals surface area contributed by atoms with Gasteiger partial charge in [0.15, 0.2) is 0 Å². The number of carbonyl (C=O) groups is 2. The Kier molecular flexibility index (Phi) is 4.70. The third kappa shape index (κ3) is 4.34. The Bertz CT molecular complexity index is 446. The molecule has 1 N–H and O–H groups in total. The average Bonchev–Trinajstić information content (AvgIpc) is 2.32. The number of anilines is 1. The highest BCUT2D eigenvalue weighted by atomic mass is 16.5. The van der Waals surface area contributed by atoms with Crippen LogP contribution >= 0.6 is 0 Å². The number of ether oxygens (including phenoxy) is 1. The van der Waals surface area contributed by atoms with Gasteiger partial charge in [0.2, 0.25) is 5.91 Å². The molecule has 0 aliphatic rings. The predicted octanol–water partition coefficient (Wildman–Crippen LogP) is 1.25. The second-order valence-corrected chi connectivity index (χ2v) is 3.33. The number of hydrogen-bond acceptors (Lipinski definition) is 4. The minimum absolute atomic E-state index is 0.177. The third-order valence-electron chi connectivity index (χ3n) is 2.05. The highest BCUT2D eigenvalue weighted by Crippen LogP contribution is 2.10. The lowest BCUT2D eigenvalue weighted by Gasteiger charge is -2.04. The van der Waals surface area contributed by atoms with Crippen molar-refractivity contribution in [3.8, 4) is 6.07 Å². The highest BCUT2D eigenvalue weighted by molar-refractivity contribution is 5.92. The fourth-order valence-electron chi connectivity index (χ4n) is 1.22. The number of rotatable bonds is 4. The van der Waals surface area contributed by atoms with E-state index in [1.54, 1.807) is 30.3 Å². The lowest BCUT2D eigenvalue weighted by molar-refractivity contribution is -0.139. The van der Waals surface area contributed by atoms with Gasteiger partial charge in [0, 0.05) is 5.69 Å². The maximum atomic E-state index is 11.1. The number of hydrogen-bond donors (Lipinski definition) is 1. The molecule has 0 aliphatic heterocycles. The summed E-state index contributed by atoms with van der Waals surface area (Å²) in [7, 11) is 1.33. The van der Waals surface area contributed by atoms with E-state index in [0.717, 1.165) is 5.56 Å². The van der Waals surface area contributed by atoms with Gasteiger partial charge in [-0.2, -0.15) is 5.26 Å². The van der Waals surface area contributed by atoms with Crippen LogP contribution in [0, 0.1) is 11.3 Å². The molecule has 5 heteroatoms. The molecule has 0 heterocycles. The molecule has 0 bridgehead atoms. The van der Waals surface area contributed by atoms with E-state index < -0.39 is 0 Å². The molecule has 0 aromatic heterocycles. The predicted molar refractivity (Wildman–Crippen MR) is 61.0 cm³/mol. The molecule has 88 valence electrons. The zero-order chi connectivity index (χ0) is 12.7. The summed E-state index contributed by atoms with van der Waals surface area (Å²) in [6.45, 7) is 0. The van der Waals surface area contributed by atoms with E-state index in [4.69, 9.17) is 5.26 Å². The van der Waals surface area contributed by atoms with Gasteiger partial charge in [-0.3, -0.25) is 9.59 Å². The van der Waals surface area contributed by atoms with Crippen LogP contribution in [0.1, 0.15) is 12.0 Å². The van der Waals surface area contributed by atoms with Crippen LogP contribution in [-0.2, 0) is 20.7 Å². The monoisotopic (exact) mass is 232 g/mol. The molecule has 1 rings (SSSR count). The number of nitrogens with one attached hydrogen (secondary N) is 1. The van der Waals surface area contributed by atoms with E-state index in [0.29, 0.717) is 5.69 Å². The fourth-order valence-corrected chi connectivity index (χ4v) is 1.22. The minimum Gasteiger partial charge on any atom is -0.469 e. The molecule has 1 amide bonds. The van der Waals surface area contributed by atoms with Gasteiger partial charge in [0.1, 0.15) is 6.42 Å². The van der Waals surface area contributed by atoms with Crippen molar-refractivity contribution in [3.63, 3.8) is 0 Å². The van der Waals surface area contributed by atoms with Crippen molar-refractivity contribution in [2.45, 2.75) is 12.8 Å². The van der Waals surface area contributed by atoms with Gasteiger partial charge in [-0.25, -0.2) is 0 Å². The van der Waals surface area contributed by atoms with E-state index >= 15 is 0 Å². The zero-order valence-corrected chi connectivity index (χ0v) is 9.40. The maximum absolute atomic E-state index is 11.1. The Balaban J connectivity index is 2.59. The van der Waals surface area contributed by atoms with Crippen molar-refractivity contribution in [3.05, 3.63) is 29.8 Å². The summed E-state index contributed by atoms with van der Waals surface area (Å²) >= 11 is 0. The molecule has 1 aromatic carbocycles. The number of esters is 1. The van der Waals surface area contributed by atoms with E-state index in [9.17, 15) is 9.59 Å². The summed E-state index contributed by atoms with van der Waals surface area (Å²) < 4.78 is 4.54. The fraction of sp³-hybridized carbons (Fsp3) is 0.250. The number of methoxy groups -OCH3 is 1. The second-order valence-electron chi connectivity index (χ2n) is 3.33. The van der Waals surface area contributed by atoms with Crippen LogP contribution in [0.2, 0.25) is 0 Å². The van der Waals surface area contributed by atoms with Gasteiger partial charge in [-0.15, -0.1) is 0 Å². The molecule has 0 saturated heterocycles. The normalized spacial score (nSPS) is 9.18. The van der Waals surface area contributed by atoms with Crippen molar-refractivity contribution in [1.82, 2.24) is 0 Å². The molecule has 0 unspecified atom stereocenters. The molecule has 5 nitrogen and oxygen atoms in total. The number of amides is 1. The third-order valence-corrected chi connectivity index (χ3v) is 2.05. The lowest BCUT2D eigenvalue weighted by atomic mass is 10.1. The van der Waals surface area contributed by atoms with Crippen LogP contribution in [0.5, 0.6) is 0 Å². The van der Waals surface area contributed by atoms with Gasteiger partial charge >= 0.3 is 5.97 Å². The van der Waals surface area contributed by atoms with Crippen molar-refractivity contribution in [2.75, 3.05) is 12.4 Å². The highest BCUT2D eigenvalue weighted by Gasteiger charge is 2.04. The Morgan fingerprint density at radius 1 is 1.35 bits per heavy atom. The molecule has 0 radical (unpaired) electrons. The number of benzene rings is 1. The van der Waals surface area contributed by atoms with Crippen LogP contribution < -0.4 is 5.32 Å². The first-order valence-electron chi connectivity index (χ1n) is 4.98. The summed E-state index contributed by atoms with van der Waals surface area (Å²) in [5, 5.41) is 10.9. The Labute approximate surface area is 99.0 Å². The molecular weight excluding hydrogens is 220 g/mol. The van der Waals surface area contributed by atoms with E-state index in [2.05, 4.69) is 10.1 Å². The van der Waals surface area contributed by atoms with Crippen molar-refractivity contribution in [2.24, 2.45) is 0 Å². The first-order chi connectivity index (χ1) is 8.15. The molecular formula is C12H12N2O3. The smallest absolute Gasteiger partial charge is 0.309 e. The largest absolute Gasteiger partial charge is 0.469 e. The molecule has 0 spiro atoms. The van der Waals surface area contributed by atoms with Gasteiger partial charge < -0.3 is 10.1 Å². The van der Waals surface area contributed by atoms with Crippen molar-refractivity contribution >= 4 is 17.6 Å². The maximum Gasteiger partial charge on any atom is 0.309 e. The van der Waals surface area contributed by atoms with Crippen LogP contribution in [0.3, 0.4) is 0 Å². The van der Waals surface area contributed by atoms with Crippen LogP contribution in [0.15, 0.2) is 24.3 Å². The Hall–Kier alpha value is -2.35. The first kappa shape index (κ1) is 12.7. The standard InChI is InChI=1S/C12H12N2O3/c1-17-12(16)8-9-2-4-10(5-3-9)14-11(15)6-7-13/h2-5H,6,8H2,1H3,(H,14,15). The quantitative estimate of drug-likeness (QED) is 0.792. The summed E-state index contributed by atoms with van der Waals surface area (Å²) in [5.74, 6) is -0.667. The van der Waals surface area contributed by atoms with Gasteiger partial charge in [-0.1, -0.05) is 12.1 Å². The van der Waals surface area contributed by atoms with Crippen LogP contribution in [0.25, 0.3) is 0 Å². The molecule has 0 aliphatic carbocycles. The summed E-state index contributed by atoms with van der Waals surface area (Å²) in [4.78, 5) is 22.1. The lowest BCUT2D eigenvalue weighted by Crippen LogP contribution is -2.10. The average molecular weight is 232 g/mol. The van der Waals surface area contributed by atoms with Crippen LogP contribution in [-0.4, -0.2) is 19.0 Å². The molecule has 0 atom stereocenters. The van der Waals surface area contributed by atoms with Gasteiger partial charge in [-0.05, 0) is 17.7 Å². The SMILES string of the molecule is COC(=O)Cc1ccc(NC(=O)CC#N)cc1. The van der Waals surface area contributed by atoms with E-state index in [-0.39, 0.29) is 24.7 Å². The molecule has 0 fully saturated rings. The summed E-state index contributed by atoms with van der Waals surface area (Å²) in [6.07, 6.45) is 0.0207. The van der Waals surface area contributed by atoms with Gasteiger partial charge in [0.05, 0.1) is 19.6 Å². The first-order valence-corrected chi connectivity index (χ1v) is 4.98. The Morgan fingerprint density at radius 3 is 2.53 bits per heavy atom. The molecule has 17 heavy (non-hydrogen) atoms. The van der Waals surface area contributed by atoms with Crippen molar-refractivity contribution in [1.29, 1.82) is 5.26 Å². The summed E-state index contributed by atoms with van der Waals surface area (Å²) in [5.41, 5.74) is 1.40. The minimum atomic E-state index is -0.354. The second kappa shape index (κ2) is 6.28. The number of nitrogens with zero attached hydrogens (tertiary/aromatic N) is 1. The molecule has 1 aromatic rings. The van der Waals surface area contributed by atoms with E-state index in [1.165, 1.54) is 7.11 Å². The number of nitriles is 1. The number of carbonyl (C=O) groups excluding carboxylic acids is 2. The zero-order valence-electron chi connectivity index (χ0n) is 9.40. The molecule has 0 saturated carbocycles. The van der Waals surface area contributed by atoms with E-state index in [1.807, 2.05) is 0 Å². The Morgan fingerprint density at radius 2 is 2.00 bits per heavy atom. The summed E-state index contributed by atoms with van der Waals surface area (Å²) in [6, 6.07) is 8.55.